The first kappa shape index (κ1) is 18.4. The fraction of sp³-hybridized carbons (Fsp3) is 0.316. The van der Waals surface area contributed by atoms with Crippen LogP contribution in [0.3, 0.4) is 0 Å². The van der Waals surface area contributed by atoms with Gasteiger partial charge in [0, 0.05) is 5.92 Å². The predicted octanol–water partition coefficient (Wildman–Crippen LogP) is 2.38. The Kier molecular flexibility index (Phi) is 5.29. The van der Waals surface area contributed by atoms with Gasteiger partial charge < -0.3 is 9.47 Å². The van der Waals surface area contributed by atoms with E-state index in [-0.39, 0.29) is 17.4 Å². The van der Waals surface area contributed by atoms with Crippen molar-refractivity contribution in [3.63, 3.8) is 0 Å². The topological polar surface area (TPSA) is 81.7 Å². The largest absolute Gasteiger partial charge is 0.496 e. The molecular weight excluding hydrogens is 354 g/mol. The Morgan fingerprint density at radius 3 is 2.50 bits per heavy atom. The van der Waals surface area contributed by atoms with Crippen LogP contribution in [0.1, 0.15) is 23.5 Å². The van der Waals surface area contributed by atoms with Crippen LogP contribution in [-0.2, 0) is 19.6 Å². The molecule has 2 aromatic rings. The van der Waals surface area contributed by atoms with Gasteiger partial charge in [0.15, 0.2) is 0 Å². The molecule has 0 aliphatic carbocycles. The van der Waals surface area contributed by atoms with Crippen LogP contribution < -0.4 is 9.46 Å². The number of para-hydroxylation sites is 1. The van der Waals surface area contributed by atoms with Crippen molar-refractivity contribution in [3.8, 4) is 5.75 Å². The number of carbonyl (C=O) groups excluding carboxylic acids is 1. The lowest BCUT2D eigenvalue weighted by molar-refractivity contribution is -0.150. The van der Waals surface area contributed by atoms with Crippen LogP contribution in [0.5, 0.6) is 5.75 Å². The molecule has 0 spiro atoms. The third kappa shape index (κ3) is 3.73. The molecule has 26 heavy (non-hydrogen) atoms. The minimum absolute atomic E-state index is 0.111. The summed E-state index contributed by atoms with van der Waals surface area (Å²) in [6, 6.07) is 12.8. The van der Waals surface area contributed by atoms with E-state index >= 15 is 0 Å². The van der Waals surface area contributed by atoms with Crippen LogP contribution in [0.25, 0.3) is 0 Å². The number of benzene rings is 2. The lowest BCUT2D eigenvalue weighted by Gasteiger charge is -2.31. The van der Waals surface area contributed by atoms with Crippen molar-refractivity contribution in [2.75, 3.05) is 13.7 Å². The van der Waals surface area contributed by atoms with Crippen molar-refractivity contribution in [1.29, 1.82) is 0 Å². The summed E-state index contributed by atoms with van der Waals surface area (Å²) in [5, 5.41) is 0. The van der Waals surface area contributed by atoms with E-state index in [9.17, 15) is 13.2 Å². The molecule has 0 aromatic heterocycles. The van der Waals surface area contributed by atoms with Gasteiger partial charge in [0.2, 0.25) is 10.0 Å². The number of carbonyl (C=O) groups is 1. The van der Waals surface area contributed by atoms with Crippen molar-refractivity contribution in [2.45, 2.75) is 30.2 Å². The molecule has 7 heteroatoms. The van der Waals surface area contributed by atoms with Gasteiger partial charge in [-0.3, -0.25) is 4.79 Å². The van der Waals surface area contributed by atoms with Gasteiger partial charge in [-0.05, 0) is 37.1 Å². The molecular formula is C19H21NO5S. The first-order chi connectivity index (χ1) is 12.4. The fourth-order valence-corrected chi connectivity index (χ4v) is 4.32. The highest BCUT2D eigenvalue weighted by atomic mass is 32.2. The Balaban J connectivity index is 1.94. The number of nitrogens with one attached hydrogen (secondary N) is 1. The van der Waals surface area contributed by atoms with E-state index < -0.39 is 22.0 Å². The van der Waals surface area contributed by atoms with E-state index in [1.54, 1.807) is 25.3 Å². The van der Waals surface area contributed by atoms with Gasteiger partial charge in [-0.2, -0.15) is 4.72 Å². The summed E-state index contributed by atoms with van der Waals surface area (Å²) in [6.07, 6.45) is 0.507. The molecule has 1 saturated heterocycles. The SMILES string of the molecule is COc1ccccc1[C@@H]1CCOC(=O)[C@@H]1NS(=O)(=O)c1ccc(C)cc1. The monoisotopic (exact) mass is 375 g/mol. The van der Waals surface area contributed by atoms with Gasteiger partial charge in [-0.1, -0.05) is 35.9 Å². The molecule has 6 nitrogen and oxygen atoms in total. The zero-order valence-corrected chi connectivity index (χ0v) is 15.5. The molecule has 0 radical (unpaired) electrons. The first-order valence-electron chi connectivity index (χ1n) is 8.31. The van der Waals surface area contributed by atoms with Gasteiger partial charge in [0.25, 0.3) is 0 Å². The van der Waals surface area contributed by atoms with Crippen molar-refractivity contribution < 1.29 is 22.7 Å². The van der Waals surface area contributed by atoms with E-state index in [0.29, 0.717) is 12.2 Å². The molecule has 1 aliphatic heterocycles. The van der Waals surface area contributed by atoms with Crippen LogP contribution in [0.15, 0.2) is 53.4 Å². The predicted molar refractivity (Wildman–Crippen MR) is 96.6 cm³/mol. The second kappa shape index (κ2) is 7.47. The van der Waals surface area contributed by atoms with Gasteiger partial charge in [-0.15, -0.1) is 0 Å². The lowest BCUT2D eigenvalue weighted by atomic mass is 9.87. The number of cyclic esters (lactones) is 1. The first-order valence-corrected chi connectivity index (χ1v) is 9.79. The van der Waals surface area contributed by atoms with Gasteiger partial charge in [0.1, 0.15) is 11.8 Å². The van der Waals surface area contributed by atoms with Gasteiger partial charge >= 0.3 is 5.97 Å². The summed E-state index contributed by atoms with van der Waals surface area (Å²) in [5.74, 6) is -0.331. The van der Waals surface area contributed by atoms with Crippen molar-refractivity contribution >= 4 is 16.0 Å². The number of sulfonamides is 1. The second-order valence-electron chi connectivity index (χ2n) is 6.22. The maximum Gasteiger partial charge on any atom is 0.324 e. The maximum atomic E-state index is 12.7. The summed E-state index contributed by atoms with van der Waals surface area (Å²) in [6.45, 7) is 2.12. The Hall–Kier alpha value is -2.38. The lowest BCUT2D eigenvalue weighted by Crippen LogP contribution is -2.48. The van der Waals surface area contributed by atoms with Gasteiger partial charge in [-0.25, -0.2) is 8.42 Å². The standard InChI is InChI=1S/C19H21NO5S/c1-13-7-9-14(10-8-13)26(22,23)20-18-16(11-12-25-19(18)21)15-5-3-4-6-17(15)24-2/h3-10,16,18,20H,11-12H2,1-2H3/t16-,18+/m0/s1. The van der Waals surface area contributed by atoms with E-state index in [4.69, 9.17) is 9.47 Å². The zero-order chi connectivity index (χ0) is 18.7. The van der Waals surface area contributed by atoms with E-state index in [1.807, 2.05) is 25.1 Å². The van der Waals surface area contributed by atoms with E-state index in [2.05, 4.69) is 4.72 Å². The molecule has 0 unspecified atom stereocenters. The molecule has 138 valence electrons. The summed E-state index contributed by atoms with van der Waals surface area (Å²) in [7, 11) is -2.31. The Morgan fingerprint density at radius 2 is 1.81 bits per heavy atom. The van der Waals surface area contributed by atoms with Crippen LogP contribution in [0, 0.1) is 6.92 Å². The van der Waals surface area contributed by atoms with Crippen molar-refractivity contribution in [3.05, 3.63) is 59.7 Å². The molecule has 0 saturated carbocycles. The van der Waals surface area contributed by atoms with Crippen LogP contribution in [-0.4, -0.2) is 34.1 Å². The van der Waals surface area contributed by atoms with Crippen LogP contribution in [0.2, 0.25) is 0 Å². The summed E-state index contributed by atoms with van der Waals surface area (Å²) >= 11 is 0. The third-order valence-corrected chi connectivity index (χ3v) is 5.94. The smallest absolute Gasteiger partial charge is 0.324 e. The van der Waals surface area contributed by atoms with Crippen molar-refractivity contribution in [2.24, 2.45) is 0 Å². The fourth-order valence-electron chi connectivity index (χ4n) is 3.10. The minimum Gasteiger partial charge on any atom is -0.496 e. The minimum atomic E-state index is -3.86. The molecule has 2 atom stereocenters. The average Bonchev–Trinajstić information content (AvgIpc) is 2.63. The molecule has 0 bridgehead atoms. The quantitative estimate of drug-likeness (QED) is 0.812. The zero-order valence-electron chi connectivity index (χ0n) is 14.6. The number of hydrogen-bond acceptors (Lipinski definition) is 5. The molecule has 3 rings (SSSR count). The van der Waals surface area contributed by atoms with E-state index in [0.717, 1.165) is 11.1 Å². The number of aryl methyl sites for hydroxylation is 1. The molecule has 1 aliphatic rings. The average molecular weight is 375 g/mol. The van der Waals surface area contributed by atoms with Crippen molar-refractivity contribution in [1.82, 2.24) is 4.72 Å². The summed E-state index contributed by atoms with van der Waals surface area (Å²) in [5.41, 5.74) is 1.73. The second-order valence-corrected chi connectivity index (χ2v) is 7.93. The van der Waals surface area contributed by atoms with Crippen LogP contribution in [0.4, 0.5) is 0 Å². The summed E-state index contributed by atoms with van der Waals surface area (Å²) < 4.78 is 38.5. The Bertz CT molecular complexity index is 892. The highest BCUT2D eigenvalue weighted by Gasteiger charge is 2.39. The molecule has 0 amide bonds. The number of ether oxygens (including phenoxy) is 2. The maximum absolute atomic E-state index is 12.7. The molecule has 1 N–H and O–H groups in total. The summed E-state index contributed by atoms with van der Waals surface area (Å²) in [4.78, 5) is 12.5. The number of rotatable bonds is 5. The highest BCUT2D eigenvalue weighted by molar-refractivity contribution is 7.89. The third-order valence-electron chi connectivity index (χ3n) is 4.48. The Labute approximate surface area is 153 Å². The molecule has 1 fully saturated rings. The highest BCUT2D eigenvalue weighted by Crippen LogP contribution is 2.34. The van der Waals surface area contributed by atoms with E-state index in [1.165, 1.54) is 12.1 Å². The number of esters is 1. The van der Waals surface area contributed by atoms with Gasteiger partial charge in [0.05, 0.1) is 18.6 Å². The molecule has 2 aromatic carbocycles. The Morgan fingerprint density at radius 1 is 1.12 bits per heavy atom. The molecule has 1 heterocycles. The van der Waals surface area contributed by atoms with Crippen LogP contribution >= 0.6 is 0 Å². The normalized spacial score (nSPS) is 20.5. The number of hydrogen-bond donors (Lipinski definition) is 1. The number of methoxy groups -OCH3 is 1.